The van der Waals surface area contributed by atoms with Crippen molar-refractivity contribution in [1.29, 1.82) is 5.26 Å². The molecule has 7 nitrogen and oxygen atoms in total. The summed E-state index contributed by atoms with van der Waals surface area (Å²) in [6.45, 7) is 1.86. The first kappa shape index (κ1) is 18.5. The molecule has 2 aromatic rings. The quantitative estimate of drug-likeness (QED) is 0.632. The fourth-order valence-corrected chi connectivity index (χ4v) is 4.13. The maximum Gasteiger partial charge on any atom is 0.254 e. The Morgan fingerprint density at radius 1 is 1.26 bits per heavy atom. The highest BCUT2D eigenvalue weighted by Gasteiger charge is 2.70. The molecule has 1 fully saturated rings. The Labute approximate surface area is 156 Å². The molecule has 0 unspecified atom stereocenters. The van der Waals surface area contributed by atoms with Crippen molar-refractivity contribution in [2.45, 2.75) is 30.9 Å². The van der Waals surface area contributed by atoms with E-state index in [1.165, 1.54) is 0 Å². The number of nitriles is 1. The van der Waals surface area contributed by atoms with E-state index in [-0.39, 0.29) is 5.56 Å². The lowest BCUT2D eigenvalue weighted by Crippen LogP contribution is -2.43. The third kappa shape index (κ3) is 2.75. The maximum atomic E-state index is 12.4. The predicted molar refractivity (Wildman–Crippen MR) is 96.9 cm³/mol. The molecule has 7 heteroatoms. The molecule has 0 bridgehead atoms. The van der Waals surface area contributed by atoms with Gasteiger partial charge in [0.2, 0.25) is 5.91 Å². The monoisotopic (exact) mass is 365 g/mol. The number of carbonyl (C=O) groups excluding carboxylic acids is 1. The van der Waals surface area contributed by atoms with E-state index in [0.717, 1.165) is 5.56 Å². The number of primary amides is 1. The van der Waals surface area contributed by atoms with Crippen LogP contribution in [0.25, 0.3) is 0 Å². The SMILES string of the molecule is Cc1ccc([C@H]2[C@H]([N+](=O)[O-])[C@@](O)(c3ccccc3)C[C@@]2(C#N)C(N)=O)cc1. The normalized spacial score (nSPS) is 29.8. The Hall–Kier alpha value is -3.24. The van der Waals surface area contributed by atoms with Crippen LogP contribution in [0, 0.1) is 33.8 Å². The van der Waals surface area contributed by atoms with Gasteiger partial charge < -0.3 is 10.8 Å². The van der Waals surface area contributed by atoms with E-state index in [1.54, 1.807) is 54.6 Å². The molecule has 4 atom stereocenters. The summed E-state index contributed by atoms with van der Waals surface area (Å²) in [5.74, 6) is -2.16. The van der Waals surface area contributed by atoms with Gasteiger partial charge in [0, 0.05) is 11.3 Å². The van der Waals surface area contributed by atoms with E-state index in [0.29, 0.717) is 5.56 Å². The number of benzene rings is 2. The molecule has 1 aliphatic rings. The average Bonchev–Trinajstić information content (AvgIpc) is 2.94. The summed E-state index contributed by atoms with van der Waals surface area (Å²) in [6, 6.07) is 15.2. The third-order valence-corrected chi connectivity index (χ3v) is 5.46. The van der Waals surface area contributed by atoms with Gasteiger partial charge in [-0.1, -0.05) is 60.2 Å². The lowest BCUT2D eigenvalue weighted by molar-refractivity contribution is -0.547. The van der Waals surface area contributed by atoms with Crippen molar-refractivity contribution in [2.75, 3.05) is 0 Å². The first-order valence-corrected chi connectivity index (χ1v) is 8.45. The zero-order valence-corrected chi connectivity index (χ0v) is 14.7. The first-order valence-electron chi connectivity index (χ1n) is 8.45. The number of amides is 1. The molecule has 1 aliphatic carbocycles. The van der Waals surface area contributed by atoms with Crippen molar-refractivity contribution in [3.05, 3.63) is 81.4 Å². The summed E-state index contributed by atoms with van der Waals surface area (Å²) in [4.78, 5) is 23.8. The van der Waals surface area contributed by atoms with Gasteiger partial charge in [0.1, 0.15) is 0 Å². The summed E-state index contributed by atoms with van der Waals surface area (Å²) in [5.41, 5.74) is 3.28. The number of carbonyl (C=O) groups is 1. The number of hydrogen-bond acceptors (Lipinski definition) is 5. The van der Waals surface area contributed by atoms with Crippen LogP contribution in [0.1, 0.15) is 29.0 Å². The molecule has 0 spiro atoms. The number of rotatable bonds is 4. The Bertz CT molecular complexity index is 922. The summed E-state index contributed by atoms with van der Waals surface area (Å²) in [5, 5.41) is 33.3. The second kappa shape index (κ2) is 6.49. The van der Waals surface area contributed by atoms with Crippen molar-refractivity contribution >= 4 is 5.91 Å². The van der Waals surface area contributed by atoms with Crippen LogP contribution in [0.4, 0.5) is 0 Å². The lowest BCUT2D eigenvalue weighted by atomic mass is 9.73. The van der Waals surface area contributed by atoms with Gasteiger partial charge in [-0.3, -0.25) is 14.9 Å². The molecular weight excluding hydrogens is 346 g/mol. The first-order chi connectivity index (χ1) is 12.8. The summed E-state index contributed by atoms with van der Waals surface area (Å²) in [6.07, 6.45) is -0.444. The van der Waals surface area contributed by atoms with Gasteiger partial charge in [-0.25, -0.2) is 0 Å². The molecule has 3 rings (SSSR count). The van der Waals surface area contributed by atoms with Gasteiger partial charge >= 0.3 is 0 Å². The Morgan fingerprint density at radius 2 is 1.85 bits per heavy atom. The van der Waals surface area contributed by atoms with Crippen LogP contribution in [-0.2, 0) is 10.4 Å². The smallest absolute Gasteiger partial charge is 0.254 e. The molecule has 0 aliphatic heterocycles. The van der Waals surface area contributed by atoms with E-state index >= 15 is 0 Å². The van der Waals surface area contributed by atoms with E-state index in [9.17, 15) is 25.3 Å². The van der Waals surface area contributed by atoms with Crippen LogP contribution in [0.5, 0.6) is 0 Å². The number of nitro groups is 1. The second-order valence-corrected chi connectivity index (χ2v) is 7.03. The van der Waals surface area contributed by atoms with E-state index < -0.39 is 40.2 Å². The zero-order chi connectivity index (χ0) is 19.8. The fraction of sp³-hybridized carbons (Fsp3) is 0.300. The van der Waals surface area contributed by atoms with Crippen molar-refractivity contribution < 1.29 is 14.8 Å². The van der Waals surface area contributed by atoms with Gasteiger partial charge in [0.05, 0.1) is 12.0 Å². The highest BCUT2D eigenvalue weighted by Crippen LogP contribution is 2.58. The number of aliphatic hydroxyl groups is 1. The van der Waals surface area contributed by atoms with Crippen molar-refractivity contribution in [3.63, 3.8) is 0 Å². The van der Waals surface area contributed by atoms with Crippen LogP contribution >= 0.6 is 0 Å². The fourth-order valence-electron chi connectivity index (χ4n) is 4.13. The third-order valence-electron chi connectivity index (χ3n) is 5.46. The maximum absolute atomic E-state index is 12.4. The number of nitrogens with zero attached hydrogens (tertiary/aromatic N) is 2. The van der Waals surface area contributed by atoms with Gasteiger partial charge in [0.15, 0.2) is 11.0 Å². The van der Waals surface area contributed by atoms with E-state index in [2.05, 4.69) is 0 Å². The van der Waals surface area contributed by atoms with E-state index in [1.807, 2.05) is 13.0 Å². The Kier molecular flexibility index (Phi) is 4.46. The predicted octanol–water partition coefficient (Wildman–Crippen LogP) is 2.01. The van der Waals surface area contributed by atoms with E-state index in [4.69, 9.17) is 5.73 Å². The minimum Gasteiger partial charge on any atom is -0.378 e. The lowest BCUT2D eigenvalue weighted by Gasteiger charge is -2.27. The summed E-state index contributed by atoms with van der Waals surface area (Å²) < 4.78 is 0. The van der Waals surface area contributed by atoms with Crippen molar-refractivity contribution in [1.82, 2.24) is 0 Å². The minimum atomic E-state index is -2.01. The molecule has 0 aromatic heterocycles. The average molecular weight is 365 g/mol. The Balaban J connectivity index is 2.29. The molecule has 1 saturated carbocycles. The molecular formula is C20H19N3O4. The van der Waals surface area contributed by atoms with Crippen molar-refractivity contribution in [3.8, 4) is 6.07 Å². The van der Waals surface area contributed by atoms with Gasteiger partial charge in [0.25, 0.3) is 6.04 Å². The van der Waals surface area contributed by atoms with Gasteiger partial charge in [-0.2, -0.15) is 5.26 Å². The number of hydrogen-bond donors (Lipinski definition) is 2. The summed E-state index contributed by atoms with van der Waals surface area (Å²) >= 11 is 0. The molecule has 1 amide bonds. The molecule has 3 N–H and O–H groups in total. The van der Waals surface area contributed by atoms with Crippen molar-refractivity contribution in [2.24, 2.45) is 11.1 Å². The van der Waals surface area contributed by atoms with Gasteiger partial charge in [-0.05, 0) is 18.1 Å². The number of nitrogens with two attached hydrogens (primary N) is 1. The van der Waals surface area contributed by atoms with Crippen LogP contribution < -0.4 is 5.73 Å². The van der Waals surface area contributed by atoms with Gasteiger partial charge in [-0.15, -0.1) is 0 Å². The van der Waals surface area contributed by atoms with Crippen LogP contribution in [0.15, 0.2) is 54.6 Å². The molecule has 2 aromatic carbocycles. The summed E-state index contributed by atoms with van der Waals surface area (Å²) in [7, 11) is 0. The highest BCUT2D eigenvalue weighted by atomic mass is 16.6. The van der Waals surface area contributed by atoms with Crippen LogP contribution in [0.2, 0.25) is 0 Å². The molecule has 0 radical (unpaired) electrons. The molecule has 0 saturated heterocycles. The highest BCUT2D eigenvalue weighted by molar-refractivity contribution is 5.86. The Morgan fingerprint density at radius 3 is 2.33 bits per heavy atom. The largest absolute Gasteiger partial charge is 0.378 e. The zero-order valence-electron chi connectivity index (χ0n) is 14.7. The molecule has 138 valence electrons. The van der Waals surface area contributed by atoms with Crippen LogP contribution in [0.3, 0.4) is 0 Å². The molecule has 27 heavy (non-hydrogen) atoms. The standard InChI is InChI=1S/C20H19N3O4/c1-13-7-9-14(10-8-13)16-17(23(26)27)20(25,15-5-3-2-4-6-15)11-19(16,12-21)18(22)24/h2-10,16-17,25H,11H2,1H3,(H2,22,24)/t16-,17-,19-,20-/m0/s1. The number of aryl methyl sites for hydroxylation is 1. The van der Waals surface area contributed by atoms with Crippen LogP contribution in [-0.4, -0.2) is 22.0 Å². The molecule has 0 heterocycles. The second-order valence-electron chi connectivity index (χ2n) is 7.03. The topological polar surface area (TPSA) is 130 Å². The minimum absolute atomic E-state index is 0.280.